The number of aromatic nitrogens is 1. The van der Waals surface area contributed by atoms with E-state index in [1.807, 2.05) is 29.6 Å². The molecule has 0 saturated carbocycles. The van der Waals surface area contributed by atoms with Crippen molar-refractivity contribution < 1.29 is 0 Å². The average Bonchev–Trinajstić information content (AvgIpc) is 2.66. The third-order valence-electron chi connectivity index (χ3n) is 1.83. The van der Waals surface area contributed by atoms with Crippen molar-refractivity contribution in [2.24, 2.45) is 5.73 Å². The highest BCUT2D eigenvalue weighted by Crippen LogP contribution is 2.25. The minimum Gasteiger partial charge on any atom is -0.325 e. The number of hydrogen-bond acceptors (Lipinski definition) is 3. The number of thiazole rings is 1. The molecule has 1 heterocycles. The summed E-state index contributed by atoms with van der Waals surface area (Å²) < 4.78 is 0. The molecule has 0 aliphatic heterocycles. The monoisotopic (exact) mass is 224 g/mol. The first-order valence-electron chi connectivity index (χ1n) is 4.20. The highest BCUT2D eigenvalue weighted by atomic mass is 35.5. The van der Waals surface area contributed by atoms with Crippen molar-refractivity contribution in [2.45, 2.75) is 6.54 Å². The van der Waals surface area contributed by atoms with Crippen LogP contribution < -0.4 is 5.73 Å². The van der Waals surface area contributed by atoms with Gasteiger partial charge in [-0.1, -0.05) is 23.7 Å². The summed E-state index contributed by atoms with van der Waals surface area (Å²) in [6.07, 6.45) is 0. The molecule has 14 heavy (non-hydrogen) atoms. The fourth-order valence-corrected chi connectivity index (χ4v) is 2.17. The Kier molecular flexibility index (Phi) is 2.82. The van der Waals surface area contributed by atoms with Crippen molar-refractivity contribution in [1.29, 1.82) is 0 Å². The van der Waals surface area contributed by atoms with Crippen molar-refractivity contribution in [2.75, 3.05) is 0 Å². The molecule has 0 spiro atoms. The Morgan fingerprint density at radius 1 is 1.43 bits per heavy atom. The number of halogens is 1. The van der Waals surface area contributed by atoms with Crippen LogP contribution in [0.3, 0.4) is 0 Å². The molecule has 0 aliphatic carbocycles. The van der Waals surface area contributed by atoms with Crippen LogP contribution in [0.5, 0.6) is 0 Å². The second kappa shape index (κ2) is 4.09. The zero-order valence-corrected chi connectivity index (χ0v) is 8.98. The van der Waals surface area contributed by atoms with Gasteiger partial charge in [0.15, 0.2) is 0 Å². The maximum Gasteiger partial charge on any atom is 0.123 e. The van der Waals surface area contributed by atoms with Crippen LogP contribution in [0.2, 0.25) is 5.02 Å². The lowest BCUT2D eigenvalue weighted by Gasteiger charge is -1.95. The van der Waals surface area contributed by atoms with Crippen molar-refractivity contribution in [1.82, 2.24) is 4.98 Å². The van der Waals surface area contributed by atoms with Gasteiger partial charge in [-0.15, -0.1) is 11.3 Å². The zero-order valence-electron chi connectivity index (χ0n) is 7.40. The van der Waals surface area contributed by atoms with Gasteiger partial charge in [0.25, 0.3) is 0 Å². The molecule has 2 nitrogen and oxygen atoms in total. The second-order valence-corrected chi connectivity index (χ2v) is 4.15. The summed E-state index contributed by atoms with van der Waals surface area (Å²) in [6.45, 7) is 0.483. The van der Waals surface area contributed by atoms with Gasteiger partial charge in [-0.3, -0.25) is 0 Å². The van der Waals surface area contributed by atoms with Crippen molar-refractivity contribution in [3.63, 3.8) is 0 Å². The van der Waals surface area contributed by atoms with E-state index in [2.05, 4.69) is 4.98 Å². The highest BCUT2D eigenvalue weighted by Gasteiger charge is 2.03. The van der Waals surface area contributed by atoms with E-state index < -0.39 is 0 Å². The van der Waals surface area contributed by atoms with Crippen molar-refractivity contribution >= 4 is 22.9 Å². The topological polar surface area (TPSA) is 38.9 Å². The molecular weight excluding hydrogens is 216 g/mol. The summed E-state index contributed by atoms with van der Waals surface area (Å²) in [5.41, 5.74) is 7.45. The largest absolute Gasteiger partial charge is 0.325 e. The number of rotatable bonds is 2. The van der Waals surface area contributed by atoms with Gasteiger partial charge in [0.2, 0.25) is 0 Å². The molecule has 0 bridgehead atoms. The maximum atomic E-state index is 5.89. The standard InChI is InChI=1S/C10H9ClN2S/c11-8-3-1-2-7(4-8)10-13-9(5-12)6-14-10/h1-4,6H,5,12H2. The van der Waals surface area contributed by atoms with Crippen LogP contribution in [0.1, 0.15) is 5.69 Å². The fourth-order valence-electron chi connectivity index (χ4n) is 1.15. The molecule has 0 radical (unpaired) electrons. The van der Waals surface area contributed by atoms with Gasteiger partial charge in [0, 0.05) is 22.5 Å². The lowest BCUT2D eigenvalue weighted by molar-refractivity contribution is 1.01. The normalized spacial score (nSPS) is 10.4. The van der Waals surface area contributed by atoms with Gasteiger partial charge in [-0.05, 0) is 12.1 Å². The molecule has 0 saturated heterocycles. The predicted octanol–water partition coefficient (Wildman–Crippen LogP) is 2.92. The predicted molar refractivity (Wildman–Crippen MR) is 60.5 cm³/mol. The molecular formula is C10H9ClN2S. The van der Waals surface area contributed by atoms with E-state index in [1.54, 1.807) is 11.3 Å². The molecule has 0 atom stereocenters. The van der Waals surface area contributed by atoms with Crippen LogP contribution in [-0.4, -0.2) is 4.98 Å². The van der Waals surface area contributed by atoms with Gasteiger partial charge >= 0.3 is 0 Å². The summed E-state index contributed by atoms with van der Waals surface area (Å²) in [7, 11) is 0. The Labute approximate surface area is 91.4 Å². The minimum absolute atomic E-state index is 0.483. The zero-order chi connectivity index (χ0) is 9.97. The highest BCUT2D eigenvalue weighted by molar-refractivity contribution is 7.13. The molecule has 2 aromatic rings. The molecule has 0 unspecified atom stereocenters. The van der Waals surface area contributed by atoms with E-state index in [0.717, 1.165) is 21.3 Å². The summed E-state index contributed by atoms with van der Waals surface area (Å²) in [5, 5.41) is 3.66. The first-order valence-corrected chi connectivity index (χ1v) is 5.46. The number of hydrogen-bond donors (Lipinski definition) is 1. The summed E-state index contributed by atoms with van der Waals surface area (Å²) in [5.74, 6) is 0. The quantitative estimate of drug-likeness (QED) is 0.852. The van der Waals surface area contributed by atoms with Crippen molar-refractivity contribution in [3.8, 4) is 10.6 Å². The van der Waals surface area contributed by atoms with Gasteiger partial charge in [-0.2, -0.15) is 0 Å². The Morgan fingerprint density at radius 2 is 2.29 bits per heavy atom. The molecule has 4 heteroatoms. The van der Waals surface area contributed by atoms with Gasteiger partial charge in [0.1, 0.15) is 5.01 Å². The minimum atomic E-state index is 0.483. The van der Waals surface area contributed by atoms with Crippen LogP contribution in [0.15, 0.2) is 29.6 Å². The molecule has 0 amide bonds. The number of nitrogens with two attached hydrogens (primary N) is 1. The third-order valence-corrected chi connectivity index (χ3v) is 3.01. The maximum absolute atomic E-state index is 5.89. The summed E-state index contributed by atoms with van der Waals surface area (Å²) in [4.78, 5) is 4.37. The fraction of sp³-hybridized carbons (Fsp3) is 0.100. The van der Waals surface area contributed by atoms with Crippen LogP contribution in [0.4, 0.5) is 0 Å². The molecule has 1 aromatic heterocycles. The SMILES string of the molecule is NCc1csc(-c2cccc(Cl)c2)n1. The molecule has 2 rings (SSSR count). The Morgan fingerprint density at radius 3 is 2.93 bits per heavy atom. The van der Waals surface area contributed by atoms with Gasteiger partial charge in [-0.25, -0.2) is 4.98 Å². The third kappa shape index (κ3) is 1.95. The lowest BCUT2D eigenvalue weighted by atomic mass is 10.2. The van der Waals surface area contributed by atoms with Crippen LogP contribution in [0.25, 0.3) is 10.6 Å². The molecule has 72 valence electrons. The lowest BCUT2D eigenvalue weighted by Crippen LogP contribution is -1.95. The van der Waals surface area contributed by atoms with Crippen LogP contribution >= 0.6 is 22.9 Å². The van der Waals surface area contributed by atoms with Crippen molar-refractivity contribution in [3.05, 3.63) is 40.4 Å². The van der Waals surface area contributed by atoms with E-state index in [4.69, 9.17) is 17.3 Å². The molecule has 0 aliphatic rings. The van der Waals surface area contributed by atoms with E-state index in [-0.39, 0.29) is 0 Å². The van der Waals surface area contributed by atoms with E-state index in [0.29, 0.717) is 6.54 Å². The first kappa shape index (κ1) is 9.65. The van der Waals surface area contributed by atoms with E-state index >= 15 is 0 Å². The summed E-state index contributed by atoms with van der Waals surface area (Å²) >= 11 is 7.47. The van der Waals surface area contributed by atoms with Gasteiger partial charge < -0.3 is 5.73 Å². The molecule has 2 N–H and O–H groups in total. The number of nitrogens with zero attached hydrogens (tertiary/aromatic N) is 1. The average molecular weight is 225 g/mol. The first-order chi connectivity index (χ1) is 6.79. The smallest absolute Gasteiger partial charge is 0.123 e. The second-order valence-electron chi connectivity index (χ2n) is 2.86. The Balaban J connectivity index is 2.39. The van der Waals surface area contributed by atoms with E-state index in [1.165, 1.54) is 0 Å². The number of benzene rings is 1. The Bertz CT molecular complexity index is 439. The Hall–Kier alpha value is -0.900. The van der Waals surface area contributed by atoms with Gasteiger partial charge in [0.05, 0.1) is 5.69 Å². The molecule has 1 aromatic carbocycles. The molecule has 0 fully saturated rings. The summed E-state index contributed by atoms with van der Waals surface area (Å²) in [6, 6.07) is 7.66. The van der Waals surface area contributed by atoms with Crippen LogP contribution in [-0.2, 0) is 6.54 Å². The van der Waals surface area contributed by atoms with E-state index in [9.17, 15) is 0 Å². The van der Waals surface area contributed by atoms with Crippen LogP contribution in [0, 0.1) is 0 Å².